The van der Waals surface area contributed by atoms with Crippen molar-refractivity contribution in [2.24, 2.45) is 5.92 Å². The van der Waals surface area contributed by atoms with E-state index in [1.165, 1.54) is 6.08 Å². The van der Waals surface area contributed by atoms with E-state index in [9.17, 15) is 4.79 Å². The zero-order valence-corrected chi connectivity index (χ0v) is 10.8. The molecule has 88 valence electrons. The molecule has 0 aliphatic rings. The van der Waals surface area contributed by atoms with Crippen LogP contribution in [0.3, 0.4) is 0 Å². The van der Waals surface area contributed by atoms with E-state index < -0.39 is 0 Å². The molecular formula is C12H18N2OS. The summed E-state index contributed by atoms with van der Waals surface area (Å²) in [4.78, 5) is 15.6. The minimum absolute atomic E-state index is 0.0497. The number of thiazole rings is 1. The Balaban J connectivity index is 2.31. The molecule has 1 aromatic heterocycles. The number of nitrogens with zero attached hydrogens (tertiary/aromatic N) is 1. The van der Waals surface area contributed by atoms with E-state index in [1.807, 2.05) is 12.3 Å². The molecular weight excluding hydrogens is 220 g/mol. The van der Waals surface area contributed by atoms with Crippen LogP contribution in [0.15, 0.2) is 11.5 Å². The summed E-state index contributed by atoms with van der Waals surface area (Å²) < 4.78 is 0. The van der Waals surface area contributed by atoms with Gasteiger partial charge in [-0.05, 0) is 25.3 Å². The van der Waals surface area contributed by atoms with Crippen LogP contribution in [0.2, 0.25) is 0 Å². The van der Waals surface area contributed by atoms with Crippen LogP contribution in [0, 0.1) is 12.8 Å². The third kappa shape index (κ3) is 5.07. The Morgan fingerprint density at radius 3 is 2.94 bits per heavy atom. The van der Waals surface area contributed by atoms with Gasteiger partial charge in [0.1, 0.15) is 0 Å². The monoisotopic (exact) mass is 238 g/mol. The Morgan fingerprint density at radius 2 is 2.38 bits per heavy atom. The van der Waals surface area contributed by atoms with Crippen molar-refractivity contribution in [3.63, 3.8) is 0 Å². The standard InChI is InChI=1S/C12H18N2OS/c1-9(2)6-7-13-12(15)5-4-11-8-16-10(3)14-11/h4-5,8-9H,6-7H2,1-3H3,(H,13,15)/b5-4+. The van der Waals surface area contributed by atoms with Crippen LogP contribution in [-0.4, -0.2) is 17.4 Å². The summed E-state index contributed by atoms with van der Waals surface area (Å²) in [6.45, 7) is 6.96. The van der Waals surface area contributed by atoms with E-state index in [4.69, 9.17) is 0 Å². The van der Waals surface area contributed by atoms with Crippen LogP contribution in [0.5, 0.6) is 0 Å². The summed E-state index contributed by atoms with van der Waals surface area (Å²) in [6.07, 6.45) is 4.29. The van der Waals surface area contributed by atoms with Crippen LogP contribution < -0.4 is 5.32 Å². The van der Waals surface area contributed by atoms with Gasteiger partial charge < -0.3 is 5.32 Å². The molecule has 0 aliphatic carbocycles. The molecule has 1 aromatic rings. The molecule has 1 amide bonds. The fourth-order valence-corrected chi connectivity index (χ4v) is 1.74. The first-order valence-electron chi connectivity index (χ1n) is 5.46. The number of aromatic nitrogens is 1. The highest BCUT2D eigenvalue weighted by atomic mass is 32.1. The second kappa shape index (κ2) is 6.43. The molecule has 0 atom stereocenters. The lowest BCUT2D eigenvalue weighted by Crippen LogP contribution is -2.23. The Morgan fingerprint density at radius 1 is 1.62 bits per heavy atom. The van der Waals surface area contributed by atoms with Gasteiger partial charge in [0.15, 0.2) is 0 Å². The molecule has 0 aliphatic heterocycles. The van der Waals surface area contributed by atoms with Crippen molar-refractivity contribution in [1.29, 1.82) is 0 Å². The van der Waals surface area contributed by atoms with E-state index in [0.29, 0.717) is 5.92 Å². The molecule has 16 heavy (non-hydrogen) atoms. The second-order valence-electron chi connectivity index (χ2n) is 4.10. The van der Waals surface area contributed by atoms with Crippen LogP contribution >= 0.6 is 11.3 Å². The molecule has 1 heterocycles. The average molecular weight is 238 g/mol. The van der Waals surface area contributed by atoms with Crippen LogP contribution in [0.4, 0.5) is 0 Å². The largest absolute Gasteiger partial charge is 0.353 e. The molecule has 4 heteroatoms. The molecule has 0 spiro atoms. The zero-order valence-electron chi connectivity index (χ0n) is 9.99. The van der Waals surface area contributed by atoms with E-state index in [1.54, 1.807) is 17.4 Å². The summed E-state index contributed by atoms with van der Waals surface area (Å²) in [5, 5.41) is 5.79. The lowest BCUT2D eigenvalue weighted by Gasteiger charge is -2.04. The minimum Gasteiger partial charge on any atom is -0.353 e. The first-order valence-corrected chi connectivity index (χ1v) is 6.34. The molecule has 0 saturated carbocycles. The van der Waals surface area contributed by atoms with Gasteiger partial charge in [-0.2, -0.15) is 0 Å². The number of hydrogen-bond donors (Lipinski definition) is 1. The first kappa shape index (κ1) is 12.9. The van der Waals surface area contributed by atoms with Crippen LogP contribution in [0.25, 0.3) is 6.08 Å². The van der Waals surface area contributed by atoms with Gasteiger partial charge in [-0.3, -0.25) is 4.79 Å². The number of hydrogen-bond acceptors (Lipinski definition) is 3. The SMILES string of the molecule is Cc1nc(/C=C/C(=O)NCCC(C)C)cs1. The normalized spacial score (nSPS) is 11.2. The molecule has 0 unspecified atom stereocenters. The quantitative estimate of drug-likeness (QED) is 0.801. The maximum absolute atomic E-state index is 11.4. The Kier molecular flexibility index (Phi) is 5.19. The third-order valence-electron chi connectivity index (χ3n) is 2.06. The van der Waals surface area contributed by atoms with Gasteiger partial charge in [-0.1, -0.05) is 13.8 Å². The fourth-order valence-electron chi connectivity index (χ4n) is 1.16. The highest BCUT2D eigenvalue weighted by molar-refractivity contribution is 7.09. The first-order chi connectivity index (χ1) is 7.58. The topological polar surface area (TPSA) is 42.0 Å². The summed E-state index contributed by atoms with van der Waals surface area (Å²) >= 11 is 1.58. The van der Waals surface area contributed by atoms with E-state index in [0.717, 1.165) is 23.7 Å². The number of carbonyl (C=O) groups is 1. The van der Waals surface area contributed by atoms with Crippen molar-refractivity contribution >= 4 is 23.3 Å². The van der Waals surface area contributed by atoms with E-state index >= 15 is 0 Å². The summed E-state index contributed by atoms with van der Waals surface area (Å²) in [5.74, 6) is 0.566. The number of rotatable bonds is 5. The summed E-state index contributed by atoms with van der Waals surface area (Å²) in [6, 6.07) is 0. The third-order valence-corrected chi connectivity index (χ3v) is 2.85. The number of aryl methyl sites for hydroxylation is 1. The van der Waals surface area contributed by atoms with Crippen molar-refractivity contribution in [2.75, 3.05) is 6.54 Å². The number of carbonyl (C=O) groups excluding carboxylic acids is 1. The van der Waals surface area contributed by atoms with Gasteiger partial charge in [0.25, 0.3) is 0 Å². The van der Waals surface area contributed by atoms with Gasteiger partial charge >= 0.3 is 0 Å². The van der Waals surface area contributed by atoms with Crippen molar-refractivity contribution in [3.8, 4) is 0 Å². The van der Waals surface area contributed by atoms with Gasteiger partial charge in [0, 0.05) is 18.0 Å². The number of nitrogens with one attached hydrogen (secondary N) is 1. The predicted molar refractivity (Wildman–Crippen MR) is 68.3 cm³/mol. The highest BCUT2D eigenvalue weighted by Gasteiger charge is 1.98. The maximum atomic E-state index is 11.4. The predicted octanol–water partition coefficient (Wildman–Crippen LogP) is 2.63. The smallest absolute Gasteiger partial charge is 0.244 e. The lowest BCUT2D eigenvalue weighted by atomic mass is 10.1. The van der Waals surface area contributed by atoms with Crippen molar-refractivity contribution in [2.45, 2.75) is 27.2 Å². The summed E-state index contributed by atoms with van der Waals surface area (Å²) in [5.41, 5.74) is 0.849. The van der Waals surface area contributed by atoms with Crippen molar-refractivity contribution in [3.05, 3.63) is 22.2 Å². The molecule has 1 rings (SSSR count). The molecule has 0 fully saturated rings. The summed E-state index contributed by atoms with van der Waals surface area (Å²) in [7, 11) is 0. The maximum Gasteiger partial charge on any atom is 0.244 e. The van der Waals surface area contributed by atoms with Gasteiger partial charge in [-0.25, -0.2) is 4.98 Å². The van der Waals surface area contributed by atoms with Crippen molar-refractivity contribution < 1.29 is 4.79 Å². The lowest BCUT2D eigenvalue weighted by molar-refractivity contribution is -0.116. The molecule has 0 radical (unpaired) electrons. The highest BCUT2D eigenvalue weighted by Crippen LogP contribution is 2.08. The number of amides is 1. The molecule has 0 saturated heterocycles. The molecule has 3 nitrogen and oxygen atoms in total. The second-order valence-corrected chi connectivity index (χ2v) is 5.16. The average Bonchev–Trinajstić information content (AvgIpc) is 2.61. The van der Waals surface area contributed by atoms with Crippen LogP contribution in [0.1, 0.15) is 31.0 Å². The Bertz CT molecular complexity index is 369. The van der Waals surface area contributed by atoms with Crippen LogP contribution in [-0.2, 0) is 4.79 Å². The van der Waals surface area contributed by atoms with Gasteiger partial charge in [-0.15, -0.1) is 11.3 Å². The van der Waals surface area contributed by atoms with E-state index in [-0.39, 0.29) is 5.91 Å². The Labute approximate surface area is 101 Å². The zero-order chi connectivity index (χ0) is 12.0. The Hall–Kier alpha value is -1.16. The van der Waals surface area contributed by atoms with Gasteiger partial charge in [0.05, 0.1) is 10.7 Å². The molecule has 0 bridgehead atoms. The fraction of sp³-hybridized carbons (Fsp3) is 0.500. The van der Waals surface area contributed by atoms with E-state index in [2.05, 4.69) is 24.1 Å². The van der Waals surface area contributed by atoms with Gasteiger partial charge in [0.2, 0.25) is 5.91 Å². The molecule has 0 aromatic carbocycles. The van der Waals surface area contributed by atoms with Crippen molar-refractivity contribution in [1.82, 2.24) is 10.3 Å². The minimum atomic E-state index is -0.0497. The molecule has 1 N–H and O–H groups in total.